The van der Waals surface area contributed by atoms with Gasteiger partial charge in [-0.15, -0.1) is 0 Å². The van der Waals surface area contributed by atoms with Crippen molar-refractivity contribution in [1.29, 1.82) is 0 Å². The van der Waals surface area contributed by atoms with Gasteiger partial charge in [0.25, 0.3) is 0 Å². The van der Waals surface area contributed by atoms with Crippen molar-refractivity contribution < 1.29 is 5.11 Å². The van der Waals surface area contributed by atoms with E-state index in [4.69, 9.17) is 16.7 Å². The third kappa shape index (κ3) is 4.91. The van der Waals surface area contributed by atoms with Gasteiger partial charge in [0.2, 0.25) is 0 Å². The summed E-state index contributed by atoms with van der Waals surface area (Å²) in [6.45, 7) is 2.26. The molecule has 0 aliphatic carbocycles. The second kappa shape index (κ2) is 8.28. The lowest BCUT2D eigenvalue weighted by Crippen LogP contribution is -1.95. The molecule has 3 aromatic rings. The van der Waals surface area contributed by atoms with E-state index in [-0.39, 0.29) is 6.61 Å². The number of halogens is 1. The zero-order valence-corrected chi connectivity index (χ0v) is 15.1. The van der Waals surface area contributed by atoms with Gasteiger partial charge in [-0.3, -0.25) is 4.98 Å². The van der Waals surface area contributed by atoms with Crippen molar-refractivity contribution in [2.75, 3.05) is 6.61 Å². The van der Waals surface area contributed by atoms with E-state index in [1.807, 2.05) is 31.2 Å². The molecule has 0 saturated carbocycles. The minimum atomic E-state index is 0.240. The Morgan fingerprint density at radius 2 is 1.68 bits per heavy atom. The molecule has 1 N–H and O–H groups in total. The maximum atomic E-state index is 8.93. The standard InChI is InChI=1S/C22H22ClNO/c1-16-12-19(13-18-9-7-17(8-10-18)4-3-11-25)14-22(24-16)20-5-2-6-21(23)15-20/h2,5-10,12,14-15,25H,3-4,11,13H2,1H3. The second-order valence-electron chi connectivity index (χ2n) is 6.33. The van der Waals surface area contributed by atoms with Crippen LogP contribution in [0.25, 0.3) is 11.3 Å². The predicted octanol–water partition coefficient (Wildman–Crippen LogP) is 5.23. The molecule has 0 saturated heterocycles. The quantitative estimate of drug-likeness (QED) is 0.660. The summed E-state index contributed by atoms with van der Waals surface area (Å²) >= 11 is 6.11. The molecule has 1 aromatic heterocycles. The topological polar surface area (TPSA) is 33.1 Å². The summed E-state index contributed by atoms with van der Waals surface area (Å²) in [5.41, 5.74) is 6.78. The number of aryl methyl sites for hydroxylation is 2. The SMILES string of the molecule is Cc1cc(Cc2ccc(CCCO)cc2)cc(-c2cccc(Cl)c2)n1. The largest absolute Gasteiger partial charge is 0.396 e. The Labute approximate surface area is 154 Å². The van der Waals surface area contributed by atoms with Gasteiger partial charge < -0.3 is 5.11 Å². The minimum Gasteiger partial charge on any atom is -0.396 e. The van der Waals surface area contributed by atoms with E-state index in [2.05, 4.69) is 41.4 Å². The first-order valence-electron chi connectivity index (χ1n) is 8.56. The van der Waals surface area contributed by atoms with Crippen molar-refractivity contribution >= 4 is 11.6 Å². The molecule has 3 rings (SSSR count). The summed E-state index contributed by atoms with van der Waals surface area (Å²) in [6, 6.07) is 20.7. The van der Waals surface area contributed by atoms with Gasteiger partial charge in [0.1, 0.15) is 0 Å². The molecule has 0 atom stereocenters. The second-order valence-corrected chi connectivity index (χ2v) is 6.77. The lowest BCUT2D eigenvalue weighted by molar-refractivity contribution is 0.288. The molecular weight excluding hydrogens is 330 g/mol. The molecule has 0 aliphatic heterocycles. The Morgan fingerprint density at radius 1 is 0.920 bits per heavy atom. The fourth-order valence-corrected chi connectivity index (χ4v) is 3.17. The van der Waals surface area contributed by atoms with Crippen LogP contribution in [0, 0.1) is 6.92 Å². The molecule has 0 bridgehead atoms. The monoisotopic (exact) mass is 351 g/mol. The van der Waals surface area contributed by atoms with E-state index in [0.717, 1.165) is 41.2 Å². The lowest BCUT2D eigenvalue weighted by Gasteiger charge is -2.09. The summed E-state index contributed by atoms with van der Waals surface area (Å²) in [4.78, 5) is 4.65. The molecule has 0 fully saturated rings. The van der Waals surface area contributed by atoms with Crippen LogP contribution in [0.15, 0.2) is 60.7 Å². The third-order valence-corrected chi connectivity index (χ3v) is 4.42. The first-order valence-corrected chi connectivity index (χ1v) is 8.94. The van der Waals surface area contributed by atoms with Crippen LogP contribution in [-0.2, 0) is 12.8 Å². The van der Waals surface area contributed by atoms with Crippen molar-refractivity contribution in [3.63, 3.8) is 0 Å². The molecule has 0 unspecified atom stereocenters. The van der Waals surface area contributed by atoms with Crippen LogP contribution < -0.4 is 0 Å². The van der Waals surface area contributed by atoms with Gasteiger partial charge in [-0.1, -0.05) is 48.0 Å². The van der Waals surface area contributed by atoms with E-state index in [1.165, 1.54) is 16.7 Å². The predicted molar refractivity (Wildman–Crippen MR) is 104 cm³/mol. The smallest absolute Gasteiger partial charge is 0.0708 e. The lowest BCUT2D eigenvalue weighted by atomic mass is 10.0. The van der Waals surface area contributed by atoms with Crippen molar-refractivity contribution in [3.8, 4) is 11.3 Å². The number of nitrogens with zero attached hydrogens (tertiary/aromatic N) is 1. The Morgan fingerprint density at radius 3 is 2.40 bits per heavy atom. The number of benzene rings is 2. The van der Waals surface area contributed by atoms with E-state index >= 15 is 0 Å². The van der Waals surface area contributed by atoms with Crippen LogP contribution in [0.5, 0.6) is 0 Å². The zero-order valence-electron chi connectivity index (χ0n) is 14.4. The first-order chi connectivity index (χ1) is 12.1. The highest BCUT2D eigenvalue weighted by atomic mass is 35.5. The number of rotatable bonds is 6. The number of hydrogen-bond acceptors (Lipinski definition) is 2. The van der Waals surface area contributed by atoms with Crippen LogP contribution in [0.2, 0.25) is 5.02 Å². The van der Waals surface area contributed by atoms with Gasteiger partial charge in [0.05, 0.1) is 5.69 Å². The van der Waals surface area contributed by atoms with Gasteiger partial charge >= 0.3 is 0 Å². The molecule has 3 heteroatoms. The van der Waals surface area contributed by atoms with Gasteiger partial charge in [0.15, 0.2) is 0 Å². The molecule has 2 aromatic carbocycles. The maximum absolute atomic E-state index is 8.93. The van der Waals surface area contributed by atoms with Gasteiger partial charge in [-0.05, 0) is 67.1 Å². The van der Waals surface area contributed by atoms with Gasteiger partial charge in [-0.2, -0.15) is 0 Å². The Hall–Kier alpha value is -2.16. The van der Waals surface area contributed by atoms with Gasteiger partial charge in [-0.25, -0.2) is 0 Å². The molecular formula is C22H22ClNO. The highest BCUT2D eigenvalue weighted by Crippen LogP contribution is 2.23. The Kier molecular flexibility index (Phi) is 5.85. The normalized spacial score (nSPS) is 10.8. The van der Waals surface area contributed by atoms with Gasteiger partial charge in [0, 0.05) is 22.9 Å². The number of pyridine rings is 1. The molecule has 25 heavy (non-hydrogen) atoms. The molecule has 0 aliphatic rings. The van der Waals surface area contributed by atoms with Crippen LogP contribution in [-0.4, -0.2) is 16.7 Å². The first kappa shape index (κ1) is 17.7. The van der Waals surface area contributed by atoms with E-state index in [9.17, 15) is 0 Å². The highest BCUT2D eigenvalue weighted by Gasteiger charge is 2.05. The van der Waals surface area contributed by atoms with Crippen LogP contribution >= 0.6 is 11.6 Å². The van der Waals surface area contributed by atoms with E-state index in [1.54, 1.807) is 0 Å². The number of aliphatic hydroxyl groups excluding tert-OH is 1. The molecule has 0 spiro atoms. The van der Waals surface area contributed by atoms with Crippen molar-refractivity contribution in [1.82, 2.24) is 4.98 Å². The zero-order chi connectivity index (χ0) is 17.6. The number of aromatic nitrogens is 1. The Balaban J connectivity index is 1.81. The fraction of sp³-hybridized carbons (Fsp3) is 0.227. The molecule has 0 amide bonds. The van der Waals surface area contributed by atoms with Crippen molar-refractivity contribution in [2.24, 2.45) is 0 Å². The van der Waals surface area contributed by atoms with Crippen LogP contribution in [0.4, 0.5) is 0 Å². The summed E-state index contributed by atoms with van der Waals surface area (Å²) < 4.78 is 0. The third-order valence-electron chi connectivity index (χ3n) is 4.19. The summed E-state index contributed by atoms with van der Waals surface area (Å²) in [5, 5.41) is 9.65. The molecule has 0 radical (unpaired) electrons. The van der Waals surface area contributed by atoms with Crippen LogP contribution in [0.1, 0.15) is 28.8 Å². The van der Waals surface area contributed by atoms with E-state index < -0.39 is 0 Å². The maximum Gasteiger partial charge on any atom is 0.0708 e. The summed E-state index contributed by atoms with van der Waals surface area (Å²) in [6.07, 6.45) is 2.60. The van der Waals surface area contributed by atoms with Crippen LogP contribution in [0.3, 0.4) is 0 Å². The highest BCUT2D eigenvalue weighted by molar-refractivity contribution is 6.30. The Bertz CT molecular complexity index is 843. The van der Waals surface area contributed by atoms with Crippen molar-refractivity contribution in [2.45, 2.75) is 26.2 Å². The number of hydrogen-bond donors (Lipinski definition) is 1. The summed E-state index contributed by atoms with van der Waals surface area (Å²) in [7, 11) is 0. The fourth-order valence-electron chi connectivity index (χ4n) is 2.98. The average Bonchev–Trinajstić information content (AvgIpc) is 2.61. The minimum absolute atomic E-state index is 0.240. The summed E-state index contributed by atoms with van der Waals surface area (Å²) in [5.74, 6) is 0. The van der Waals surface area contributed by atoms with E-state index in [0.29, 0.717) is 0 Å². The molecule has 128 valence electrons. The van der Waals surface area contributed by atoms with Crippen molar-refractivity contribution in [3.05, 3.63) is 88.1 Å². The number of aliphatic hydroxyl groups is 1. The molecule has 1 heterocycles. The average molecular weight is 352 g/mol. The molecule has 2 nitrogen and oxygen atoms in total.